The molecule has 0 spiro atoms. The summed E-state index contributed by atoms with van der Waals surface area (Å²) in [5.41, 5.74) is 1.81. The maximum atomic E-state index is 5.37. The second kappa shape index (κ2) is 5.06. The number of azo groups is 1. The van der Waals surface area contributed by atoms with Gasteiger partial charge in [0, 0.05) is 17.3 Å². The standard InChI is InChI=1S/C23H24N2O/c1-21(2)22(16-8-5-4-6-9-16)19-10-7-11-20(19)23(21,25-24-22)17-12-14-18(26-3)15-13-17/h4-10,12-15,19-20H,11H2,1-3H3/t19-,20+,22-,23+/m1/s1. The maximum absolute atomic E-state index is 5.37. The van der Waals surface area contributed by atoms with Crippen LogP contribution in [0.15, 0.2) is 77.0 Å². The molecule has 1 heterocycles. The van der Waals surface area contributed by atoms with Gasteiger partial charge in [0.15, 0.2) is 0 Å². The van der Waals surface area contributed by atoms with E-state index in [1.165, 1.54) is 11.1 Å². The largest absolute Gasteiger partial charge is 0.497 e. The van der Waals surface area contributed by atoms with Crippen LogP contribution >= 0.6 is 0 Å². The molecular formula is C23H24N2O. The van der Waals surface area contributed by atoms with Crippen molar-refractivity contribution in [2.45, 2.75) is 31.3 Å². The molecule has 1 saturated carbocycles. The molecule has 0 saturated heterocycles. The molecule has 2 aliphatic carbocycles. The lowest BCUT2D eigenvalue weighted by Gasteiger charge is -2.41. The predicted octanol–water partition coefficient (Wildman–Crippen LogP) is 5.48. The highest BCUT2D eigenvalue weighted by Crippen LogP contribution is 2.76. The number of allylic oxidation sites excluding steroid dienone is 1. The summed E-state index contributed by atoms with van der Waals surface area (Å²) in [7, 11) is 1.71. The molecule has 3 aliphatic rings. The van der Waals surface area contributed by atoms with Crippen LogP contribution in [0, 0.1) is 17.3 Å². The van der Waals surface area contributed by atoms with Gasteiger partial charge in [0.1, 0.15) is 16.8 Å². The number of hydrogen-bond donors (Lipinski definition) is 0. The summed E-state index contributed by atoms with van der Waals surface area (Å²) >= 11 is 0. The van der Waals surface area contributed by atoms with Gasteiger partial charge >= 0.3 is 0 Å². The second-order valence-electron chi connectivity index (χ2n) is 8.25. The predicted molar refractivity (Wildman–Crippen MR) is 102 cm³/mol. The SMILES string of the molecule is COc1ccc([C@]23N=N[C@](c4ccccc4)([C@@H]4C=CC[C@@H]42)C3(C)C)cc1. The van der Waals surface area contributed by atoms with Crippen LogP contribution in [0.25, 0.3) is 0 Å². The van der Waals surface area contributed by atoms with E-state index in [2.05, 4.69) is 68.5 Å². The van der Waals surface area contributed by atoms with Gasteiger partial charge in [-0.25, -0.2) is 0 Å². The zero-order chi connectivity index (χ0) is 18.0. The van der Waals surface area contributed by atoms with Gasteiger partial charge in [-0.1, -0.05) is 68.5 Å². The average molecular weight is 344 g/mol. The highest BCUT2D eigenvalue weighted by atomic mass is 16.5. The Labute approximate surface area is 154 Å². The third-order valence-electron chi connectivity index (χ3n) is 7.20. The van der Waals surface area contributed by atoms with Crippen LogP contribution in [0.1, 0.15) is 31.4 Å². The minimum atomic E-state index is -0.302. The summed E-state index contributed by atoms with van der Waals surface area (Å²) in [5.74, 6) is 1.72. The Morgan fingerprint density at radius 1 is 0.885 bits per heavy atom. The van der Waals surface area contributed by atoms with Gasteiger partial charge in [0.2, 0.25) is 0 Å². The molecular weight excluding hydrogens is 320 g/mol. The molecule has 0 amide bonds. The number of rotatable bonds is 3. The Morgan fingerprint density at radius 3 is 2.23 bits per heavy atom. The maximum Gasteiger partial charge on any atom is 0.121 e. The number of fused-ring (bicyclic) bond motifs is 5. The van der Waals surface area contributed by atoms with Crippen molar-refractivity contribution in [3.8, 4) is 5.75 Å². The molecule has 0 aromatic heterocycles. The average Bonchev–Trinajstić information content (AvgIpc) is 3.30. The van der Waals surface area contributed by atoms with Crippen molar-refractivity contribution in [1.29, 1.82) is 0 Å². The highest BCUT2D eigenvalue weighted by molar-refractivity contribution is 5.48. The fraction of sp³-hybridized carbons (Fsp3) is 0.391. The lowest BCUT2D eigenvalue weighted by molar-refractivity contribution is 0.150. The third-order valence-corrected chi connectivity index (χ3v) is 7.20. The molecule has 5 rings (SSSR count). The van der Waals surface area contributed by atoms with Gasteiger partial charge in [0.05, 0.1) is 7.11 Å². The first-order chi connectivity index (χ1) is 12.6. The van der Waals surface area contributed by atoms with Crippen LogP contribution in [-0.4, -0.2) is 7.11 Å². The molecule has 0 N–H and O–H groups in total. The summed E-state index contributed by atoms with van der Waals surface area (Å²) in [4.78, 5) is 0. The summed E-state index contributed by atoms with van der Waals surface area (Å²) in [6, 6.07) is 19.2. The fourth-order valence-corrected chi connectivity index (χ4v) is 6.01. The lowest BCUT2D eigenvalue weighted by Crippen LogP contribution is -2.44. The number of benzene rings is 2. The van der Waals surface area contributed by atoms with Gasteiger partial charge in [-0.3, -0.25) is 0 Å². The van der Waals surface area contributed by atoms with E-state index >= 15 is 0 Å². The van der Waals surface area contributed by atoms with E-state index in [1.54, 1.807) is 7.11 Å². The summed E-state index contributed by atoms with van der Waals surface area (Å²) in [6.45, 7) is 4.72. The fourth-order valence-electron chi connectivity index (χ4n) is 6.01. The number of ether oxygens (including phenoxy) is 1. The van der Waals surface area contributed by atoms with Crippen molar-refractivity contribution in [2.24, 2.45) is 27.5 Å². The van der Waals surface area contributed by atoms with E-state index in [0.29, 0.717) is 11.8 Å². The molecule has 0 radical (unpaired) electrons. The van der Waals surface area contributed by atoms with Gasteiger partial charge in [-0.15, -0.1) is 0 Å². The van der Waals surface area contributed by atoms with Crippen molar-refractivity contribution in [1.82, 2.24) is 0 Å². The normalized spacial score (nSPS) is 35.7. The first kappa shape index (κ1) is 15.8. The van der Waals surface area contributed by atoms with E-state index < -0.39 is 0 Å². The van der Waals surface area contributed by atoms with Crippen molar-refractivity contribution in [3.63, 3.8) is 0 Å². The first-order valence-electron chi connectivity index (χ1n) is 9.39. The first-order valence-corrected chi connectivity index (χ1v) is 9.39. The Kier molecular flexibility index (Phi) is 3.08. The molecule has 0 unspecified atom stereocenters. The van der Waals surface area contributed by atoms with Crippen molar-refractivity contribution < 1.29 is 4.74 Å². The summed E-state index contributed by atoms with van der Waals surface area (Å²) in [6.07, 6.45) is 5.79. The van der Waals surface area contributed by atoms with Gasteiger partial charge < -0.3 is 4.74 Å². The number of methoxy groups -OCH3 is 1. The van der Waals surface area contributed by atoms with E-state index in [4.69, 9.17) is 15.0 Å². The van der Waals surface area contributed by atoms with E-state index in [-0.39, 0.29) is 16.5 Å². The van der Waals surface area contributed by atoms with Crippen molar-refractivity contribution in [2.75, 3.05) is 7.11 Å². The van der Waals surface area contributed by atoms with Crippen LogP contribution in [0.4, 0.5) is 0 Å². The zero-order valence-corrected chi connectivity index (χ0v) is 15.5. The molecule has 4 atom stereocenters. The topological polar surface area (TPSA) is 34.0 Å². The lowest BCUT2D eigenvalue weighted by atomic mass is 9.61. The Morgan fingerprint density at radius 2 is 1.54 bits per heavy atom. The molecule has 3 nitrogen and oxygen atoms in total. The van der Waals surface area contributed by atoms with Gasteiger partial charge in [-0.2, -0.15) is 10.2 Å². The minimum Gasteiger partial charge on any atom is -0.497 e. The molecule has 1 fully saturated rings. The van der Waals surface area contributed by atoms with E-state index in [0.717, 1.165) is 12.2 Å². The quantitative estimate of drug-likeness (QED) is 0.678. The Bertz CT molecular complexity index is 900. The molecule has 2 aromatic rings. The summed E-state index contributed by atoms with van der Waals surface area (Å²) < 4.78 is 5.37. The van der Waals surface area contributed by atoms with Crippen LogP contribution < -0.4 is 4.74 Å². The summed E-state index contributed by atoms with van der Waals surface area (Å²) in [5, 5.41) is 10.1. The Hall–Kier alpha value is -2.42. The van der Waals surface area contributed by atoms with Crippen molar-refractivity contribution in [3.05, 3.63) is 77.9 Å². The van der Waals surface area contributed by atoms with Gasteiger partial charge in [0.25, 0.3) is 0 Å². The molecule has 2 aromatic carbocycles. The third kappa shape index (κ3) is 1.56. The smallest absolute Gasteiger partial charge is 0.121 e. The zero-order valence-electron chi connectivity index (χ0n) is 15.5. The van der Waals surface area contributed by atoms with Crippen LogP contribution in [0.3, 0.4) is 0 Å². The molecule has 3 heteroatoms. The highest BCUT2D eigenvalue weighted by Gasteiger charge is 2.77. The van der Waals surface area contributed by atoms with Crippen LogP contribution in [0.2, 0.25) is 0 Å². The molecule has 132 valence electrons. The number of hydrogen-bond acceptors (Lipinski definition) is 3. The minimum absolute atomic E-state index is 0.115. The molecule has 2 bridgehead atoms. The Balaban J connectivity index is 1.75. The number of nitrogens with zero attached hydrogens (tertiary/aromatic N) is 2. The molecule has 1 aliphatic heterocycles. The second-order valence-corrected chi connectivity index (χ2v) is 8.25. The van der Waals surface area contributed by atoms with Crippen LogP contribution in [-0.2, 0) is 11.1 Å². The van der Waals surface area contributed by atoms with Crippen molar-refractivity contribution >= 4 is 0 Å². The van der Waals surface area contributed by atoms with Gasteiger partial charge in [-0.05, 0) is 29.7 Å². The monoisotopic (exact) mass is 344 g/mol. The van der Waals surface area contributed by atoms with E-state index in [9.17, 15) is 0 Å². The van der Waals surface area contributed by atoms with Crippen LogP contribution in [0.5, 0.6) is 5.75 Å². The van der Waals surface area contributed by atoms with E-state index in [1.807, 2.05) is 12.1 Å². The molecule has 26 heavy (non-hydrogen) atoms.